The summed E-state index contributed by atoms with van der Waals surface area (Å²) in [6.45, 7) is 0. The van der Waals surface area contributed by atoms with Gasteiger partial charge >= 0.3 is 6.09 Å². The van der Waals surface area contributed by atoms with E-state index in [1.54, 1.807) is 24.3 Å². The van der Waals surface area contributed by atoms with Crippen LogP contribution >= 0.6 is 15.9 Å². The maximum absolute atomic E-state index is 13.8. The van der Waals surface area contributed by atoms with Gasteiger partial charge in [0.2, 0.25) is 0 Å². The van der Waals surface area contributed by atoms with Gasteiger partial charge in [-0.05, 0) is 48.0 Å². The number of benzene rings is 2. The first-order valence-electron chi connectivity index (χ1n) is 8.20. The zero-order valence-electron chi connectivity index (χ0n) is 15.1. The van der Waals surface area contributed by atoms with Crippen LogP contribution in [-0.4, -0.2) is 35.5 Å². The molecule has 2 aromatic rings. The van der Waals surface area contributed by atoms with Crippen molar-refractivity contribution in [3.05, 3.63) is 70.5 Å². The second-order valence-electron chi connectivity index (χ2n) is 5.70. The van der Waals surface area contributed by atoms with Crippen molar-refractivity contribution < 1.29 is 33.8 Å². The van der Waals surface area contributed by atoms with E-state index in [0.29, 0.717) is 5.69 Å². The Labute approximate surface area is 174 Å². The van der Waals surface area contributed by atoms with Gasteiger partial charge in [-0.15, -0.1) is 0 Å². The van der Waals surface area contributed by atoms with Crippen molar-refractivity contribution in [2.75, 3.05) is 12.4 Å². The van der Waals surface area contributed by atoms with Crippen molar-refractivity contribution in [3.8, 4) is 5.75 Å². The van der Waals surface area contributed by atoms with E-state index in [1.165, 1.54) is 24.7 Å². The van der Waals surface area contributed by atoms with Gasteiger partial charge in [0.05, 0.1) is 0 Å². The summed E-state index contributed by atoms with van der Waals surface area (Å²) >= 11 is 3.28. The highest BCUT2D eigenvalue weighted by Gasteiger charge is 2.27. The third kappa shape index (κ3) is 6.56. The number of aromatic hydroxyl groups is 1. The number of phenolic OH excluding ortho intramolecular Hbond substituents is 1. The molecule has 0 unspecified atom stereocenters. The first kappa shape index (κ1) is 22.3. The normalized spacial score (nSPS) is 13.0. The molecule has 2 rings (SSSR count). The van der Waals surface area contributed by atoms with Crippen LogP contribution in [0, 0.1) is 5.82 Å². The lowest BCUT2D eigenvalue weighted by atomic mass is 10.0. The predicted molar refractivity (Wildman–Crippen MR) is 105 cm³/mol. The molecule has 0 bridgehead atoms. The number of halogens is 2. The monoisotopic (exact) mass is 468 g/mol. The maximum atomic E-state index is 13.8. The summed E-state index contributed by atoms with van der Waals surface area (Å²) < 4.78 is 25.3. The first-order valence-corrected chi connectivity index (χ1v) is 9.00. The van der Waals surface area contributed by atoms with Gasteiger partial charge in [-0.2, -0.15) is 0 Å². The van der Waals surface area contributed by atoms with Crippen LogP contribution in [0.3, 0.4) is 0 Å². The number of methoxy groups -OCH3 is 1. The van der Waals surface area contributed by atoms with E-state index in [4.69, 9.17) is 14.7 Å². The quantitative estimate of drug-likeness (QED) is 0.280. The Hall–Kier alpha value is -2.95. The molecule has 0 saturated heterocycles. The standard InChI is InChI=1S/C19H18BrFN2O6/c1-28-16(8-9-17(25)23-27)18(11-2-7-15(24)14(21)10-11)29-19(26)22-13-5-3-12(20)4-6-13/h2-10,16,18,24,27H,1H3,(H,22,26)(H,23,25)/b9-8+/t16-,18-/m0/s1. The average molecular weight is 469 g/mol. The van der Waals surface area contributed by atoms with Crippen molar-refractivity contribution in [1.29, 1.82) is 0 Å². The fourth-order valence-electron chi connectivity index (χ4n) is 2.34. The molecule has 8 nitrogen and oxygen atoms in total. The Kier molecular flexibility index (Phi) is 8.13. The third-order valence-corrected chi connectivity index (χ3v) is 4.27. The molecule has 0 spiro atoms. The number of amides is 2. The number of hydrogen-bond acceptors (Lipinski definition) is 6. The molecular formula is C19H18BrFN2O6. The fraction of sp³-hybridized carbons (Fsp3) is 0.158. The summed E-state index contributed by atoms with van der Waals surface area (Å²) in [5, 5.41) is 20.5. The molecule has 2 amide bonds. The second kappa shape index (κ2) is 10.6. The molecule has 154 valence electrons. The van der Waals surface area contributed by atoms with Gasteiger partial charge in [-0.1, -0.05) is 22.0 Å². The van der Waals surface area contributed by atoms with Crippen LogP contribution in [0.15, 0.2) is 59.1 Å². The molecule has 0 aromatic heterocycles. The molecule has 10 heteroatoms. The lowest BCUT2D eigenvalue weighted by Crippen LogP contribution is -2.27. The zero-order valence-corrected chi connectivity index (χ0v) is 16.7. The number of carbonyl (C=O) groups is 2. The molecule has 0 heterocycles. The highest BCUT2D eigenvalue weighted by atomic mass is 79.9. The van der Waals surface area contributed by atoms with Crippen molar-refractivity contribution in [1.82, 2.24) is 5.48 Å². The van der Waals surface area contributed by atoms with Gasteiger partial charge in [-0.25, -0.2) is 14.7 Å². The van der Waals surface area contributed by atoms with E-state index in [9.17, 15) is 19.1 Å². The van der Waals surface area contributed by atoms with E-state index in [1.807, 2.05) is 0 Å². The van der Waals surface area contributed by atoms with E-state index in [0.717, 1.165) is 22.7 Å². The van der Waals surface area contributed by atoms with Crippen LogP contribution in [0.4, 0.5) is 14.9 Å². The van der Waals surface area contributed by atoms with Crippen LogP contribution in [0.25, 0.3) is 0 Å². The summed E-state index contributed by atoms with van der Waals surface area (Å²) in [5.41, 5.74) is 2.05. The maximum Gasteiger partial charge on any atom is 0.412 e. The summed E-state index contributed by atoms with van der Waals surface area (Å²) in [5.74, 6) is -2.32. The van der Waals surface area contributed by atoms with Crippen LogP contribution in [-0.2, 0) is 14.3 Å². The minimum atomic E-state index is -1.17. The fourth-order valence-corrected chi connectivity index (χ4v) is 2.61. The Bertz CT molecular complexity index is 891. The molecule has 29 heavy (non-hydrogen) atoms. The zero-order chi connectivity index (χ0) is 21.4. The molecule has 0 aliphatic rings. The molecule has 0 aliphatic carbocycles. The molecule has 2 atom stereocenters. The molecule has 2 aromatic carbocycles. The Morgan fingerprint density at radius 1 is 1.21 bits per heavy atom. The van der Waals surface area contributed by atoms with Gasteiger partial charge < -0.3 is 14.6 Å². The third-order valence-electron chi connectivity index (χ3n) is 3.74. The lowest BCUT2D eigenvalue weighted by Gasteiger charge is -2.24. The summed E-state index contributed by atoms with van der Waals surface area (Å²) in [6.07, 6.45) is -0.838. The Morgan fingerprint density at radius 3 is 2.48 bits per heavy atom. The highest BCUT2D eigenvalue weighted by molar-refractivity contribution is 9.10. The van der Waals surface area contributed by atoms with Crippen LogP contribution < -0.4 is 10.8 Å². The molecule has 0 aliphatic heterocycles. The SMILES string of the molecule is CO[C@@H](/C=C/C(=O)NO)[C@@H](OC(=O)Nc1ccc(Br)cc1)c1ccc(O)c(F)c1. The van der Waals surface area contributed by atoms with Crippen molar-refractivity contribution in [2.24, 2.45) is 0 Å². The second-order valence-corrected chi connectivity index (χ2v) is 6.62. The summed E-state index contributed by atoms with van der Waals surface area (Å²) in [4.78, 5) is 23.6. The largest absolute Gasteiger partial charge is 0.505 e. The molecular weight excluding hydrogens is 451 g/mol. The average Bonchev–Trinajstić information content (AvgIpc) is 2.71. The molecule has 4 N–H and O–H groups in total. The number of hydrogen-bond donors (Lipinski definition) is 4. The van der Waals surface area contributed by atoms with Crippen LogP contribution in [0.5, 0.6) is 5.75 Å². The Balaban J connectivity index is 2.28. The highest BCUT2D eigenvalue weighted by Crippen LogP contribution is 2.28. The van der Waals surface area contributed by atoms with Crippen molar-refractivity contribution in [2.45, 2.75) is 12.2 Å². The number of hydroxylamine groups is 1. The molecule has 0 radical (unpaired) electrons. The smallest absolute Gasteiger partial charge is 0.412 e. The van der Waals surface area contributed by atoms with Gasteiger partial charge in [0.1, 0.15) is 6.10 Å². The van der Waals surface area contributed by atoms with Crippen molar-refractivity contribution in [3.63, 3.8) is 0 Å². The predicted octanol–water partition coefficient (Wildman–Crippen LogP) is 3.66. The number of ether oxygens (including phenoxy) is 2. The van der Waals surface area contributed by atoms with Gasteiger partial charge in [0.25, 0.3) is 5.91 Å². The minimum Gasteiger partial charge on any atom is -0.505 e. The van der Waals surface area contributed by atoms with E-state index >= 15 is 0 Å². The first-order chi connectivity index (χ1) is 13.8. The lowest BCUT2D eigenvalue weighted by molar-refractivity contribution is -0.124. The number of rotatable bonds is 7. The van der Waals surface area contributed by atoms with E-state index in [2.05, 4.69) is 21.2 Å². The summed E-state index contributed by atoms with van der Waals surface area (Å²) in [6, 6.07) is 10.2. The van der Waals surface area contributed by atoms with E-state index in [-0.39, 0.29) is 5.56 Å². The van der Waals surface area contributed by atoms with Gasteiger partial charge in [0, 0.05) is 23.3 Å². The van der Waals surface area contributed by atoms with Gasteiger partial charge in [0.15, 0.2) is 17.7 Å². The Morgan fingerprint density at radius 2 is 1.90 bits per heavy atom. The topological polar surface area (TPSA) is 117 Å². The van der Waals surface area contributed by atoms with E-state index < -0.39 is 35.8 Å². The van der Waals surface area contributed by atoms with Crippen molar-refractivity contribution >= 4 is 33.6 Å². The number of carbonyl (C=O) groups excluding carboxylic acids is 2. The number of nitrogens with one attached hydrogen (secondary N) is 2. The minimum absolute atomic E-state index is 0.173. The summed E-state index contributed by atoms with van der Waals surface area (Å²) in [7, 11) is 1.30. The number of phenols is 1. The molecule has 0 saturated carbocycles. The number of anilines is 1. The van der Waals surface area contributed by atoms with Crippen LogP contribution in [0.1, 0.15) is 11.7 Å². The molecule has 0 fully saturated rings. The van der Waals surface area contributed by atoms with Crippen LogP contribution in [0.2, 0.25) is 0 Å². The van der Waals surface area contributed by atoms with Gasteiger partial charge in [-0.3, -0.25) is 15.3 Å².